The zero-order chi connectivity index (χ0) is 14.8. The summed E-state index contributed by atoms with van der Waals surface area (Å²) in [6, 6.07) is 3.19. The smallest absolute Gasteiger partial charge is 0.128 e. The zero-order valence-corrected chi connectivity index (χ0v) is 12.8. The van der Waals surface area contributed by atoms with E-state index in [1.165, 1.54) is 6.42 Å². The van der Waals surface area contributed by atoms with Crippen molar-refractivity contribution in [3.05, 3.63) is 34.6 Å². The fourth-order valence-electron chi connectivity index (χ4n) is 3.57. The van der Waals surface area contributed by atoms with Gasteiger partial charge in [0.15, 0.2) is 0 Å². The van der Waals surface area contributed by atoms with Gasteiger partial charge in [-0.1, -0.05) is 25.3 Å². The molecule has 2 N–H and O–H groups in total. The van der Waals surface area contributed by atoms with E-state index in [-0.39, 0.29) is 11.9 Å². The minimum Gasteiger partial charge on any atom is -0.373 e. The van der Waals surface area contributed by atoms with Crippen LogP contribution < -0.4 is 5.73 Å². The van der Waals surface area contributed by atoms with Crippen molar-refractivity contribution in [2.45, 2.75) is 64.5 Å². The number of aryl methyl sites for hydroxylation is 2. The van der Waals surface area contributed by atoms with Gasteiger partial charge in [-0.3, -0.25) is 0 Å². The van der Waals surface area contributed by atoms with E-state index in [0.29, 0.717) is 12.2 Å². The molecule has 3 heteroatoms. The van der Waals surface area contributed by atoms with Crippen LogP contribution >= 0.6 is 0 Å². The van der Waals surface area contributed by atoms with Crippen molar-refractivity contribution < 1.29 is 9.13 Å². The van der Waals surface area contributed by atoms with Crippen LogP contribution in [0.4, 0.5) is 4.39 Å². The molecule has 1 aromatic carbocycles. The van der Waals surface area contributed by atoms with E-state index in [1.54, 1.807) is 6.07 Å². The highest BCUT2D eigenvalue weighted by Crippen LogP contribution is 2.41. The Morgan fingerprint density at radius 2 is 1.90 bits per heavy atom. The van der Waals surface area contributed by atoms with Gasteiger partial charge in [0.2, 0.25) is 0 Å². The second kappa shape index (κ2) is 6.23. The lowest BCUT2D eigenvalue weighted by atomic mass is 9.76. The van der Waals surface area contributed by atoms with Crippen LogP contribution in [0, 0.1) is 19.7 Å². The van der Waals surface area contributed by atoms with E-state index in [9.17, 15) is 4.39 Å². The van der Waals surface area contributed by atoms with E-state index >= 15 is 0 Å². The van der Waals surface area contributed by atoms with Crippen LogP contribution in [0.1, 0.15) is 61.8 Å². The van der Waals surface area contributed by atoms with Crippen molar-refractivity contribution in [3.8, 4) is 0 Å². The minimum absolute atomic E-state index is 0.195. The van der Waals surface area contributed by atoms with Gasteiger partial charge < -0.3 is 10.5 Å². The van der Waals surface area contributed by atoms with Gasteiger partial charge in [0, 0.05) is 12.2 Å². The minimum atomic E-state index is -0.395. The standard InChI is InChI=1S/C17H26FNO/c1-4-20-17(8-6-5-7-9-17)16(19)15-13(3)10-12(2)11-14(15)18/h10-11,16H,4-9,19H2,1-3H3. The molecule has 2 nitrogen and oxygen atoms in total. The second-order valence-electron chi connectivity index (χ2n) is 6.01. The molecule has 0 amide bonds. The van der Waals surface area contributed by atoms with E-state index in [4.69, 9.17) is 10.5 Å². The Labute approximate surface area is 121 Å². The first-order chi connectivity index (χ1) is 9.50. The predicted molar refractivity (Wildman–Crippen MR) is 80.2 cm³/mol. The topological polar surface area (TPSA) is 35.2 Å². The van der Waals surface area contributed by atoms with Gasteiger partial charge >= 0.3 is 0 Å². The number of rotatable bonds is 4. The highest BCUT2D eigenvalue weighted by Gasteiger charge is 2.41. The number of hydrogen-bond donors (Lipinski definition) is 1. The molecule has 0 saturated heterocycles. The molecular formula is C17H26FNO. The maximum atomic E-state index is 14.4. The maximum absolute atomic E-state index is 14.4. The van der Waals surface area contributed by atoms with Crippen LogP contribution in [0.2, 0.25) is 0 Å². The lowest BCUT2D eigenvalue weighted by Gasteiger charge is -2.42. The Balaban J connectivity index is 2.39. The van der Waals surface area contributed by atoms with E-state index in [0.717, 1.165) is 36.8 Å². The number of halogens is 1. The molecule has 1 fully saturated rings. The van der Waals surface area contributed by atoms with Gasteiger partial charge in [-0.2, -0.15) is 0 Å². The molecule has 0 aromatic heterocycles. The van der Waals surface area contributed by atoms with Gasteiger partial charge in [0.1, 0.15) is 5.82 Å². The van der Waals surface area contributed by atoms with Gasteiger partial charge in [0.05, 0.1) is 11.6 Å². The summed E-state index contributed by atoms with van der Waals surface area (Å²) in [6.45, 7) is 6.46. The summed E-state index contributed by atoms with van der Waals surface area (Å²) in [5.41, 5.74) is 8.58. The lowest BCUT2D eigenvalue weighted by Crippen LogP contribution is -2.46. The first-order valence-corrected chi connectivity index (χ1v) is 7.66. The summed E-state index contributed by atoms with van der Waals surface area (Å²) >= 11 is 0. The first kappa shape index (κ1) is 15.5. The van der Waals surface area contributed by atoms with Crippen LogP contribution in [0.25, 0.3) is 0 Å². The zero-order valence-electron chi connectivity index (χ0n) is 12.8. The lowest BCUT2D eigenvalue weighted by molar-refractivity contribution is -0.0837. The van der Waals surface area contributed by atoms with Crippen LogP contribution in [0.3, 0.4) is 0 Å². The number of benzene rings is 1. The number of nitrogens with two attached hydrogens (primary N) is 1. The third kappa shape index (κ3) is 2.89. The summed E-state index contributed by atoms with van der Waals surface area (Å²) in [6.07, 6.45) is 5.29. The Kier molecular flexibility index (Phi) is 4.82. The second-order valence-corrected chi connectivity index (χ2v) is 6.01. The fourth-order valence-corrected chi connectivity index (χ4v) is 3.57. The summed E-state index contributed by atoms with van der Waals surface area (Å²) in [4.78, 5) is 0. The summed E-state index contributed by atoms with van der Waals surface area (Å²) < 4.78 is 20.4. The van der Waals surface area contributed by atoms with E-state index in [2.05, 4.69) is 0 Å². The van der Waals surface area contributed by atoms with Gasteiger partial charge in [-0.15, -0.1) is 0 Å². The van der Waals surface area contributed by atoms with Crippen LogP contribution in [0.15, 0.2) is 12.1 Å². The quantitative estimate of drug-likeness (QED) is 0.897. The van der Waals surface area contributed by atoms with Crippen LogP contribution in [0.5, 0.6) is 0 Å². The molecule has 0 radical (unpaired) electrons. The highest BCUT2D eigenvalue weighted by atomic mass is 19.1. The highest BCUT2D eigenvalue weighted by molar-refractivity contribution is 5.36. The third-order valence-corrected chi connectivity index (χ3v) is 4.49. The molecule has 20 heavy (non-hydrogen) atoms. The van der Waals surface area contributed by atoms with Gasteiger partial charge in [-0.05, 0) is 50.8 Å². The average Bonchev–Trinajstić information content (AvgIpc) is 2.38. The van der Waals surface area contributed by atoms with Crippen LogP contribution in [-0.2, 0) is 4.74 Å². The summed E-state index contributed by atoms with van der Waals surface area (Å²) in [5.74, 6) is -0.195. The molecule has 1 saturated carbocycles. The fraction of sp³-hybridized carbons (Fsp3) is 0.647. The SMILES string of the molecule is CCOC1(C(N)c2c(C)cc(C)cc2F)CCCCC1. The Morgan fingerprint density at radius 3 is 2.45 bits per heavy atom. The molecular weight excluding hydrogens is 253 g/mol. The number of hydrogen-bond acceptors (Lipinski definition) is 2. The van der Waals surface area contributed by atoms with Gasteiger partial charge in [-0.25, -0.2) is 4.39 Å². The molecule has 0 aliphatic heterocycles. The van der Waals surface area contributed by atoms with Gasteiger partial charge in [0.25, 0.3) is 0 Å². The maximum Gasteiger partial charge on any atom is 0.128 e. The average molecular weight is 279 g/mol. The molecule has 1 aliphatic carbocycles. The molecule has 112 valence electrons. The van der Waals surface area contributed by atoms with Crippen molar-refractivity contribution in [2.24, 2.45) is 5.73 Å². The summed E-state index contributed by atoms with van der Waals surface area (Å²) in [5, 5.41) is 0. The molecule has 1 aliphatic rings. The molecule has 0 spiro atoms. The molecule has 2 rings (SSSR count). The van der Waals surface area contributed by atoms with Crippen molar-refractivity contribution >= 4 is 0 Å². The summed E-state index contributed by atoms with van der Waals surface area (Å²) in [7, 11) is 0. The van der Waals surface area contributed by atoms with E-state index in [1.807, 2.05) is 26.8 Å². The Morgan fingerprint density at radius 1 is 1.25 bits per heavy atom. The molecule has 1 aromatic rings. The molecule has 1 unspecified atom stereocenters. The van der Waals surface area contributed by atoms with Crippen molar-refractivity contribution in [2.75, 3.05) is 6.61 Å². The predicted octanol–water partition coefficient (Wildman–Crippen LogP) is 4.18. The normalized spacial score (nSPS) is 19.9. The molecule has 0 bridgehead atoms. The largest absolute Gasteiger partial charge is 0.373 e. The molecule has 1 atom stereocenters. The Bertz CT molecular complexity index is 438. The van der Waals surface area contributed by atoms with Crippen molar-refractivity contribution in [1.29, 1.82) is 0 Å². The third-order valence-electron chi connectivity index (χ3n) is 4.49. The van der Waals surface area contributed by atoms with Crippen molar-refractivity contribution in [3.63, 3.8) is 0 Å². The van der Waals surface area contributed by atoms with E-state index < -0.39 is 5.60 Å². The first-order valence-electron chi connectivity index (χ1n) is 7.66. The molecule has 0 heterocycles. The Hall–Kier alpha value is -0.930. The monoisotopic (exact) mass is 279 g/mol. The van der Waals surface area contributed by atoms with Crippen LogP contribution in [-0.4, -0.2) is 12.2 Å². The van der Waals surface area contributed by atoms with Crippen molar-refractivity contribution in [1.82, 2.24) is 0 Å². The number of ether oxygens (including phenoxy) is 1.